The minimum absolute atomic E-state index is 0.0499. The first kappa shape index (κ1) is 20.5. The maximum absolute atomic E-state index is 11.7. The molecule has 0 fully saturated rings. The third-order valence-electron chi connectivity index (χ3n) is 3.28. The van der Waals surface area contributed by atoms with Gasteiger partial charge >= 0.3 is 11.9 Å². The van der Waals surface area contributed by atoms with Crippen LogP contribution >= 0.6 is 0 Å². The van der Waals surface area contributed by atoms with Gasteiger partial charge in [-0.1, -0.05) is 11.2 Å². The number of azide groups is 1. The molecule has 8 heteroatoms. The van der Waals surface area contributed by atoms with Gasteiger partial charge in [0.2, 0.25) is 0 Å². The van der Waals surface area contributed by atoms with E-state index in [1.807, 2.05) is 6.07 Å². The number of rotatable bonds is 7. The second-order valence-corrected chi connectivity index (χ2v) is 6.53. The van der Waals surface area contributed by atoms with Crippen LogP contribution in [-0.4, -0.2) is 31.2 Å². The molecule has 0 saturated carbocycles. The molecule has 0 radical (unpaired) electrons. The predicted molar refractivity (Wildman–Crippen MR) is 93.3 cm³/mol. The van der Waals surface area contributed by atoms with Crippen molar-refractivity contribution < 1.29 is 19.1 Å². The van der Waals surface area contributed by atoms with E-state index in [1.165, 1.54) is 7.11 Å². The number of carbonyl (C=O) groups is 2. The average Bonchev–Trinajstić information content (AvgIpc) is 2.50. The Hall–Kier alpha value is -2.57. The Morgan fingerprint density at radius 2 is 1.96 bits per heavy atom. The molecule has 0 spiro atoms. The van der Waals surface area contributed by atoms with Crippen LogP contribution in [0.4, 0.5) is 5.69 Å². The maximum Gasteiger partial charge on any atom is 0.320 e. The van der Waals surface area contributed by atoms with Crippen molar-refractivity contribution >= 4 is 17.6 Å². The lowest BCUT2D eigenvalue weighted by molar-refractivity contribution is -0.153. The zero-order valence-corrected chi connectivity index (χ0v) is 15.3. The SMILES string of the molecule is COC(=O)Cc1cc(CNCC(=O)OC(C)(C)C)cc(N=[N+]=[N-])c1C. The molecule has 0 atom stereocenters. The van der Waals surface area contributed by atoms with E-state index in [0.717, 1.165) is 11.1 Å². The molecule has 8 nitrogen and oxygen atoms in total. The van der Waals surface area contributed by atoms with E-state index < -0.39 is 5.60 Å². The normalized spacial score (nSPS) is 10.8. The van der Waals surface area contributed by atoms with Crippen LogP contribution in [0.5, 0.6) is 0 Å². The minimum Gasteiger partial charge on any atom is -0.469 e. The van der Waals surface area contributed by atoms with Crippen molar-refractivity contribution in [1.82, 2.24) is 5.32 Å². The molecule has 0 aliphatic rings. The van der Waals surface area contributed by atoms with Gasteiger partial charge in [-0.2, -0.15) is 0 Å². The van der Waals surface area contributed by atoms with Gasteiger partial charge in [0, 0.05) is 17.1 Å². The molecule has 25 heavy (non-hydrogen) atoms. The molecule has 0 aliphatic heterocycles. The van der Waals surface area contributed by atoms with Crippen molar-refractivity contribution in [3.05, 3.63) is 39.3 Å². The van der Waals surface area contributed by atoms with Crippen LogP contribution in [0.1, 0.15) is 37.5 Å². The highest BCUT2D eigenvalue weighted by Gasteiger charge is 2.16. The Morgan fingerprint density at radius 1 is 1.28 bits per heavy atom. The quantitative estimate of drug-likeness (QED) is 0.352. The second kappa shape index (κ2) is 9.05. The first-order valence-corrected chi connectivity index (χ1v) is 7.83. The number of nitrogens with one attached hydrogen (secondary N) is 1. The summed E-state index contributed by atoms with van der Waals surface area (Å²) in [5.41, 5.74) is 10.8. The predicted octanol–water partition coefficient (Wildman–Crippen LogP) is 3.08. The minimum atomic E-state index is -0.537. The van der Waals surface area contributed by atoms with Crippen LogP contribution in [0.3, 0.4) is 0 Å². The highest BCUT2D eigenvalue weighted by molar-refractivity contribution is 5.74. The van der Waals surface area contributed by atoms with Crippen molar-refractivity contribution in [3.8, 4) is 0 Å². The number of esters is 2. The smallest absolute Gasteiger partial charge is 0.320 e. The van der Waals surface area contributed by atoms with Gasteiger partial charge in [0.15, 0.2) is 0 Å². The zero-order valence-electron chi connectivity index (χ0n) is 15.3. The fourth-order valence-corrected chi connectivity index (χ4v) is 2.17. The summed E-state index contributed by atoms with van der Waals surface area (Å²) in [4.78, 5) is 26.1. The van der Waals surface area contributed by atoms with Crippen molar-refractivity contribution in [2.75, 3.05) is 13.7 Å². The molecule has 0 bridgehead atoms. The Balaban J connectivity index is 2.86. The van der Waals surface area contributed by atoms with Crippen molar-refractivity contribution in [3.63, 3.8) is 0 Å². The third-order valence-corrected chi connectivity index (χ3v) is 3.28. The number of hydrogen-bond donors (Lipinski definition) is 1. The summed E-state index contributed by atoms with van der Waals surface area (Å²) in [6.07, 6.45) is 0.0796. The summed E-state index contributed by atoms with van der Waals surface area (Å²) in [6.45, 7) is 7.60. The van der Waals surface area contributed by atoms with Crippen LogP contribution in [0, 0.1) is 6.92 Å². The second-order valence-electron chi connectivity index (χ2n) is 6.53. The molecule has 1 aromatic carbocycles. The van der Waals surface area contributed by atoms with Gasteiger partial charge < -0.3 is 14.8 Å². The zero-order chi connectivity index (χ0) is 19.0. The number of ether oxygens (including phenoxy) is 2. The van der Waals surface area contributed by atoms with Gasteiger partial charge in [-0.05, 0) is 56.0 Å². The van der Waals surface area contributed by atoms with Crippen LogP contribution in [0.2, 0.25) is 0 Å². The molecule has 1 N–H and O–H groups in total. The molecule has 0 amide bonds. The van der Waals surface area contributed by atoms with Gasteiger partial charge in [-0.25, -0.2) is 0 Å². The number of methoxy groups -OCH3 is 1. The fraction of sp³-hybridized carbons (Fsp3) is 0.529. The third kappa shape index (κ3) is 7.24. The summed E-state index contributed by atoms with van der Waals surface area (Å²) < 4.78 is 9.91. The summed E-state index contributed by atoms with van der Waals surface area (Å²) in [7, 11) is 1.32. The molecule has 0 aromatic heterocycles. The van der Waals surface area contributed by atoms with E-state index in [9.17, 15) is 9.59 Å². The lowest BCUT2D eigenvalue weighted by Gasteiger charge is -2.19. The van der Waals surface area contributed by atoms with Crippen LogP contribution in [0.25, 0.3) is 10.4 Å². The molecule has 136 valence electrons. The van der Waals surface area contributed by atoms with Gasteiger partial charge in [-0.3, -0.25) is 9.59 Å². The molecule has 0 unspecified atom stereocenters. The molecule has 1 rings (SSSR count). The average molecular weight is 348 g/mol. The summed E-state index contributed by atoms with van der Waals surface area (Å²) >= 11 is 0. The molecule has 0 saturated heterocycles. The van der Waals surface area contributed by atoms with Gasteiger partial charge in [0.05, 0.1) is 20.1 Å². The Kier molecular flexibility index (Phi) is 7.42. The number of benzene rings is 1. The van der Waals surface area contributed by atoms with E-state index >= 15 is 0 Å². The number of carbonyl (C=O) groups excluding carboxylic acids is 2. The Labute approximate surface area is 147 Å². The first-order chi connectivity index (χ1) is 11.7. The van der Waals surface area contributed by atoms with Crippen molar-refractivity contribution in [2.24, 2.45) is 5.11 Å². The van der Waals surface area contributed by atoms with Gasteiger partial charge in [0.1, 0.15) is 5.60 Å². The Morgan fingerprint density at radius 3 is 2.52 bits per heavy atom. The van der Waals surface area contributed by atoms with E-state index in [1.54, 1.807) is 33.8 Å². The number of nitrogens with zero attached hydrogens (tertiary/aromatic N) is 3. The molecule has 1 aromatic rings. The summed E-state index contributed by atoms with van der Waals surface area (Å²) in [6, 6.07) is 3.54. The van der Waals surface area contributed by atoms with Crippen LogP contribution < -0.4 is 5.32 Å². The van der Waals surface area contributed by atoms with Crippen LogP contribution in [0.15, 0.2) is 17.2 Å². The van der Waals surface area contributed by atoms with Crippen LogP contribution in [-0.2, 0) is 32.0 Å². The van der Waals surface area contributed by atoms with E-state index in [0.29, 0.717) is 17.8 Å². The summed E-state index contributed by atoms with van der Waals surface area (Å²) in [5, 5.41) is 6.64. The fourth-order valence-electron chi connectivity index (χ4n) is 2.17. The lowest BCUT2D eigenvalue weighted by atomic mass is 10.00. The molecule has 0 aliphatic carbocycles. The molecular weight excluding hydrogens is 324 g/mol. The van der Waals surface area contributed by atoms with E-state index in [2.05, 4.69) is 20.1 Å². The Bertz CT molecular complexity index is 689. The summed E-state index contributed by atoms with van der Waals surface area (Å²) in [5.74, 6) is -0.737. The highest BCUT2D eigenvalue weighted by atomic mass is 16.6. The largest absolute Gasteiger partial charge is 0.469 e. The maximum atomic E-state index is 11.7. The monoisotopic (exact) mass is 348 g/mol. The first-order valence-electron chi connectivity index (χ1n) is 7.83. The van der Waals surface area contributed by atoms with Crippen molar-refractivity contribution in [2.45, 2.75) is 46.3 Å². The van der Waals surface area contributed by atoms with E-state index in [-0.39, 0.29) is 24.9 Å². The standard InChI is InChI=1S/C17H24N4O4/c1-11-13(8-15(22)24-5)6-12(7-14(11)20-21-18)9-19-10-16(23)25-17(2,3)4/h6-7,19H,8-10H2,1-5H3. The van der Waals surface area contributed by atoms with Crippen molar-refractivity contribution in [1.29, 1.82) is 0 Å². The topological polar surface area (TPSA) is 113 Å². The molecular formula is C17H24N4O4. The van der Waals surface area contributed by atoms with Gasteiger partial charge in [-0.15, -0.1) is 0 Å². The molecule has 0 heterocycles. The van der Waals surface area contributed by atoms with Gasteiger partial charge in [0.25, 0.3) is 0 Å². The lowest BCUT2D eigenvalue weighted by Crippen LogP contribution is -2.31. The number of hydrogen-bond acceptors (Lipinski definition) is 6. The highest BCUT2D eigenvalue weighted by Crippen LogP contribution is 2.25. The van der Waals surface area contributed by atoms with E-state index in [4.69, 9.17) is 10.3 Å².